The Balaban J connectivity index is 1.69. The topological polar surface area (TPSA) is 38.5 Å². The van der Waals surface area contributed by atoms with Crippen LogP contribution < -0.4 is 10.5 Å². The Bertz CT molecular complexity index is 389. The van der Waals surface area contributed by atoms with Crippen LogP contribution in [-0.2, 0) is 0 Å². The van der Waals surface area contributed by atoms with Crippen molar-refractivity contribution in [2.45, 2.75) is 25.8 Å². The molecule has 0 radical (unpaired) electrons. The highest BCUT2D eigenvalue weighted by molar-refractivity contribution is 6.32. The number of nitrogens with two attached hydrogens (primary N) is 1. The summed E-state index contributed by atoms with van der Waals surface area (Å²) in [6.07, 6.45) is 2.40. The molecule has 0 spiro atoms. The molecule has 2 rings (SSSR count). The Morgan fingerprint density at radius 2 is 2.05 bits per heavy atom. The van der Waals surface area contributed by atoms with E-state index >= 15 is 0 Å². The number of hydrogen-bond donors (Lipinski definition) is 1. The van der Waals surface area contributed by atoms with Crippen molar-refractivity contribution in [2.24, 2.45) is 11.7 Å². The van der Waals surface area contributed by atoms with Gasteiger partial charge in [-0.05, 0) is 50.9 Å². The third kappa shape index (κ3) is 4.37. The Hall–Kier alpha value is -0.770. The lowest BCUT2D eigenvalue weighted by atomic mass is 9.91. The maximum Gasteiger partial charge on any atom is 0.137 e. The van der Waals surface area contributed by atoms with Gasteiger partial charge in [0.15, 0.2) is 0 Å². The first-order valence-electron chi connectivity index (χ1n) is 7.02. The molecule has 1 aromatic rings. The molecule has 0 bridgehead atoms. The SMILES string of the molecule is CC(N)C1CCN(CCOc2ccccc2Cl)CC1. The van der Waals surface area contributed by atoms with E-state index in [1.54, 1.807) is 0 Å². The van der Waals surface area contributed by atoms with E-state index < -0.39 is 0 Å². The molecule has 3 nitrogen and oxygen atoms in total. The van der Waals surface area contributed by atoms with Gasteiger partial charge in [0.2, 0.25) is 0 Å². The minimum absolute atomic E-state index is 0.321. The van der Waals surface area contributed by atoms with Crippen molar-refractivity contribution in [1.82, 2.24) is 4.90 Å². The molecule has 0 aliphatic carbocycles. The molecule has 2 N–H and O–H groups in total. The smallest absolute Gasteiger partial charge is 0.137 e. The average molecular weight is 283 g/mol. The molecule has 1 fully saturated rings. The summed E-state index contributed by atoms with van der Waals surface area (Å²) in [6.45, 7) is 6.00. The molecule has 19 heavy (non-hydrogen) atoms. The van der Waals surface area contributed by atoms with E-state index in [9.17, 15) is 0 Å². The second kappa shape index (κ2) is 7.13. The van der Waals surface area contributed by atoms with Gasteiger partial charge in [-0.2, -0.15) is 0 Å². The molecule has 106 valence electrons. The largest absolute Gasteiger partial charge is 0.491 e. The fourth-order valence-corrected chi connectivity index (χ4v) is 2.74. The number of ether oxygens (including phenoxy) is 1. The van der Waals surface area contributed by atoms with E-state index in [0.29, 0.717) is 23.6 Å². The van der Waals surface area contributed by atoms with Crippen LogP contribution >= 0.6 is 11.6 Å². The number of nitrogens with zero attached hydrogens (tertiary/aromatic N) is 1. The first-order chi connectivity index (χ1) is 9.16. The molecule has 4 heteroatoms. The Labute approximate surface area is 120 Å². The summed E-state index contributed by atoms with van der Waals surface area (Å²) in [4.78, 5) is 2.44. The molecule has 1 atom stereocenters. The summed E-state index contributed by atoms with van der Waals surface area (Å²) in [5, 5.41) is 0.679. The summed E-state index contributed by atoms with van der Waals surface area (Å²) >= 11 is 6.05. The van der Waals surface area contributed by atoms with Gasteiger partial charge in [0.1, 0.15) is 12.4 Å². The summed E-state index contributed by atoms with van der Waals surface area (Å²) in [5.74, 6) is 1.45. The van der Waals surface area contributed by atoms with Gasteiger partial charge in [-0.25, -0.2) is 0 Å². The first kappa shape index (κ1) is 14.6. The first-order valence-corrected chi connectivity index (χ1v) is 7.40. The predicted molar refractivity (Wildman–Crippen MR) is 79.8 cm³/mol. The van der Waals surface area contributed by atoms with Crippen molar-refractivity contribution in [3.8, 4) is 5.75 Å². The minimum atomic E-state index is 0.321. The molecular formula is C15H23ClN2O. The van der Waals surface area contributed by atoms with E-state index in [2.05, 4.69) is 11.8 Å². The van der Waals surface area contributed by atoms with Crippen LogP contribution in [0.2, 0.25) is 5.02 Å². The third-order valence-corrected chi connectivity index (χ3v) is 4.19. The summed E-state index contributed by atoms with van der Waals surface area (Å²) in [7, 11) is 0. The van der Waals surface area contributed by atoms with Crippen molar-refractivity contribution in [3.63, 3.8) is 0 Å². The van der Waals surface area contributed by atoms with Crippen LogP contribution in [0.1, 0.15) is 19.8 Å². The van der Waals surface area contributed by atoms with E-state index in [-0.39, 0.29) is 0 Å². The van der Waals surface area contributed by atoms with Crippen molar-refractivity contribution in [2.75, 3.05) is 26.2 Å². The molecule has 1 heterocycles. The number of likely N-dealkylation sites (tertiary alicyclic amines) is 1. The maximum absolute atomic E-state index is 6.05. The van der Waals surface area contributed by atoms with Gasteiger partial charge in [-0.3, -0.25) is 4.90 Å². The van der Waals surface area contributed by atoms with Crippen LogP contribution in [-0.4, -0.2) is 37.2 Å². The van der Waals surface area contributed by atoms with Crippen molar-refractivity contribution in [3.05, 3.63) is 29.3 Å². The molecule has 1 saturated heterocycles. The number of rotatable bonds is 5. The van der Waals surface area contributed by atoms with Crippen LogP contribution in [0.25, 0.3) is 0 Å². The van der Waals surface area contributed by atoms with E-state index in [4.69, 9.17) is 22.1 Å². The van der Waals surface area contributed by atoms with Crippen molar-refractivity contribution < 1.29 is 4.74 Å². The van der Waals surface area contributed by atoms with Crippen LogP contribution in [0.15, 0.2) is 24.3 Å². The summed E-state index contributed by atoms with van der Waals surface area (Å²) < 4.78 is 5.72. The second-order valence-corrected chi connectivity index (χ2v) is 5.72. The summed E-state index contributed by atoms with van der Waals surface area (Å²) in [6, 6.07) is 7.93. The minimum Gasteiger partial charge on any atom is -0.491 e. The quantitative estimate of drug-likeness (QED) is 0.902. The Kier molecular flexibility index (Phi) is 5.49. The molecule has 1 unspecified atom stereocenters. The average Bonchev–Trinajstić information content (AvgIpc) is 2.41. The monoisotopic (exact) mass is 282 g/mol. The van der Waals surface area contributed by atoms with E-state index in [1.165, 1.54) is 12.8 Å². The third-order valence-electron chi connectivity index (χ3n) is 3.88. The molecule has 1 aromatic carbocycles. The summed E-state index contributed by atoms with van der Waals surface area (Å²) in [5.41, 5.74) is 5.95. The number of piperidine rings is 1. The number of benzene rings is 1. The number of halogens is 1. The van der Waals surface area contributed by atoms with E-state index in [1.807, 2.05) is 24.3 Å². The van der Waals surface area contributed by atoms with Crippen LogP contribution in [0.4, 0.5) is 0 Å². The zero-order valence-electron chi connectivity index (χ0n) is 11.5. The van der Waals surface area contributed by atoms with Gasteiger partial charge in [-0.15, -0.1) is 0 Å². The highest BCUT2D eigenvalue weighted by atomic mass is 35.5. The zero-order valence-corrected chi connectivity index (χ0v) is 12.3. The fourth-order valence-electron chi connectivity index (χ4n) is 2.55. The lowest BCUT2D eigenvalue weighted by molar-refractivity contribution is 0.147. The lowest BCUT2D eigenvalue weighted by Crippen LogP contribution is -2.41. The molecule has 0 amide bonds. The second-order valence-electron chi connectivity index (χ2n) is 5.32. The van der Waals surface area contributed by atoms with Gasteiger partial charge >= 0.3 is 0 Å². The fraction of sp³-hybridized carbons (Fsp3) is 0.600. The normalized spacial score (nSPS) is 19.3. The molecule has 0 aromatic heterocycles. The predicted octanol–water partition coefficient (Wildman–Crippen LogP) is 2.78. The van der Waals surface area contributed by atoms with Crippen LogP contribution in [0, 0.1) is 5.92 Å². The lowest BCUT2D eigenvalue weighted by Gasteiger charge is -2.33. The van der Waals surface area contributed by atoms with E-state index in [0.717, 1.165) is 25.4 Å². The molecule has 1 aliphatic rings. The number of hydrogen-bond acceptors (Lipinski definition) is 3. The Morgan fingerprint density at radius 1 is 1.37 bits per heavy atom. The zero-order chi connectivity index (χ0) is 13.7. The highest BCUT2D eigenvalue weighted by Gasteiger charge is 2.21. The maximum atomic E-state index is 6.05. The Morgan fingerprint density at radius 3 is 2.68 bits per heavy atom. The molecule has 1 aliphatic heterocycles. The highest BCUT2D eigenvalue weighted by Crippen LogP contribution is 2.23. The van der Waals surface area contributed by atoms with Gasteiger partial charge in [0.25, 0.3) is 0 Å². The van der Waals surface area contributed by atoms with Crippen molar-refractivity contribution >= 4 is 11.6 Å². The molecule has 0 saturated carbocycles. The van der Waals surface area contributed by atoms with Crippen LogP contribution in [0.3, 0.4) is 0 Å². The molecular weight excluding hydrogens is 260 g/mol. The van der Waals surface area contributed by atoms with Gasteiger partial charge in [0.05, 0.1) is 5.02 Å². The van der Waals surface area contributed by atoms with Gasteiger partial charge in [-0.1, -0.05) is 23.7 Å². The van der Waals surface area contributed by atoms with Gasteiger partial charge in [0, 0.05) is 12.6 Å². The van der Waals surface area contributed by atoms with Crippen LogP contribution in [0.5, 0.6) is 5.75 Å². The van der Waals surface area contributed by atoms with Crippen molar-refractivity contribution in [1.29, 1.82) is 0 Å². The number of para-hydroxylation sites is 1. The van der Waals surface area contributed by atoms with Gasteiger partial charge < -0.3 is 10.5 Å². The standard InChI is InChI=1S/C15H23ClN2O/c1-12(17)13-6-8-18(9-7-13)10-11-19-15-5-3-2-4-14(15)16/h2-5,12-13H,6-11,17H2,1H3.